The van der Waals surface area contributed by atoms with Crippen LogP contribution in [0.1, 0.15) is 11.1 Å². The van der Waals surface area contributed by atoms with Crippen LogP contribution in [-0.4, -0.2) is 10.5 Å². The fraction of sp³-hybridized carbons (Fsp3) is 0.158. The van der Waals surface area contributed by atoms with Gasteiger partial charge in [-0.2, -0.15) is 0 Å². The summed E-state index contributed by atoms with van der Waals surface area (Å²) in [5, 5.41) is 4.27. The number of carbonyl (C=O) groups excluding carboxylic acids is 1. The normalized spacial score (nSPS) is 10.7. The molecule has 1 aromatic heterocycles. The Morgan fingerprint density at radius 2 is 1.87 bits per heavy atom. The molecular weight excluding hydrogens is 288 g/mol. The van der Waals surface area contributed by atoms with Crippen molar-refractivity contribution in [2.75, 3.05) is 5.32 Å². The number of amides is 1. The van der Waals surface area contributed by atoms with Gasteiger partial charge in [-0.15, -0.1) is 0 Å². The van der Waals surface area contributed by atoms with Crippen molar-refractivity contribution in [1.29, 1.82) is 0 Å². The van der Waals surface area contributed by atoms with Crippen molar-refractivity contribution in [2.24, 2.45) is 7.05 Å². The Morgan fingerprint density at radius 3 is 2.65 bits per heavy atom. The zero-order valence-electron chi connectivity index (χ0n) is 13.2. The fourth-order valence-electron chi connectivity index (χ4n) is 2.69. The van der Waals surface area contributed by atoms with Gasteiger partial charge in [-0.3, -0.25) is 9.59 Å². The first kappa shape index (κ1) is 15.0. The first-order valence-corrected chi connectivity index (χ1v) is 7.48. The molecule has 0 atom stereocenters. The molecule has 116 valence electrons. The van der Waals surface area contributed by atoms with E-state index in [1.807, 2.05) is 43.3 Å². The molecule has 0 spiro atoms. The second kappa shape index (κ2) is 6.08. The van der Waals surface area contributed by atoms with Crippen LogP contribution in [0.5, 0.6) is 0 Å². The standard InChI is InChI=1S/C19H18N2O2/c1-13-5-3-6-14(11-13)12-18(22)20-17-8-4-7-16-15(17)9-10-21(2)19(16)23/h3-11H,12H2,1-2H3,(H,20,22). The van der Waals surface area contributed by atoms with Crippen LogP contribution in [0, 0.1) is 6.92 Å². The van der Waals surface area contributed by atoms with Crippen LogP contribution in [0.15, 0.2) is 59.5 Å². The van der Waals surface area contributed by atoms with Gasteiger partial charge in [0.25, 0.3) is 5.56 Å². The minimum Gasteiger partial charge on any atom is -0.325 e. The lowest BCUT2D eigenvalue weighted by atomic mass is 10.1. The van der Waals surface area contributed by atoms with E-state index in [9.17, 15) is 9.59 Å². The monoisotopic (exact) mass is 306 g/mol. The summed E-state index contributed by atoms with van der Waals surface area (Å²) in [4.78, 5) is 24.4. The van der Waals surface area contributed by atoms with Gasteiger partial charge in [-0.1, -0.05) is 35.9 Å². The topological polar surface area (TPSA) is 51.1 Å². The average Bonchev–Trinajstić information content (AvgIpc) is 2.51. The molecule has 0 aliphatic heterocycles. The van der Waals surface area contributed by atoms with Crippen molar-refractivity contribution in [2.45, 2.75) is 13.3 Å². The molecule has 2 aromatic carbocycles. The Balaban J connectivity index is 1.88. The summed E-state index contributed by atoms with van der Waals surface area (Å²) in [5.41, 5.74) is 2.69. The van der Waals surface area contributed by atoms with Crippen molar-refractivity contribution in [3.8, 4) is 0 Å². The summed E-state index contributed by atoms with van der Waals surface area (Å²) in [6, 6.07) is 15.1. The number of carbonyl (C=O) groups is 1. The smallest absolute Gasteiger partial charge is 0.258 e. The minimum absolute atomic E-state index is 0.0720. The van der Waals surface area contributed by atoms with E-state index >= 15 is 0 Å². The highest BCUT2D eigenvalue weighted by Gasteiger charge is 2.09. The molecule has 0 aliphatic rings. The van der Waals surface area contributed by atoms with E-state index in [0.717, 1.165) is 16.5 Å². The maximum atomic E-state index is 12.3. The number of nitrogens with zero attached hydrogens (tertiary/aromatic N) is 1. The molecule has 23 heavy (non-hydrogen) atoms. The highest BCUT2D eigenvalue weighted by Crippen LogP contribution is 2.20. The Kier molecular flexibility index (Phi) is 3.98. The molecular formula is C19H18N2O2. The highest BCUT2D eigenvalue weighted by molar-refractivity contribution is 6.02. The van der Waals surface area contributed by atoms with Gasteiger partial charge in [0, 0.05) is 29.7 Å². The van der Waals surface area contributed by atoms with E-state index in [1.54, 1.807) is 25.4 Å². The van der Waals surface area contributed by atoms with Gasteiger partial charge < -0.3 is 9.88 Å². The summed E-state index contributed by atoms with van der Waals surface area (Å²) in [6.07, 6.45) is 2.02. The summed E-state index contributed by atoms with van der Waals surface area (Å²) in [7, 11) is 1.71. The Bertz CT molecular complexity index is 941. The lowest BCUT2D eigenvalue weighted by molar-refractivity contribution is -0.115. The van der Waals surface area contributed by atoms with Crippen molar-refractivity contribution >= 4 is 22.4 Å². The molecule has 0 bridgehead atoms. The van der Waals surface area contributed by atoms with Crippen LogP contribution in [0.4, 0.5) is 5.69 Å². The fourth-order valence-corrected chi connectivity index (χ4v) is 2.69. The van der Waals surface area contributed by atoms with Gasteiger partial charge in [-0.05, 0) is 30.7 Å². The number of anilines is 1. The first-order valence-electron chi connectivity index (χ1n) is 7.48. The molecule has 0 saturated heterocycles. The van der Waals surface area contributed by atoms with Crippen LogP contribution in [0.25, 0.3) is 10.8 Å². The SMILES string of the molecule is Cc1cccc(CC(=O)Nc2cccc3c(=O)n(C)ccc23)c1. The molecule has 4 heteroatoms. The number of aromatic nitrogens is 1. The number of benzene rings is 2. The largest absolute Gasteiger partial charge is 0.325 e. The molecule has 3 rings (SSSR count). The number of aryl methyl sites for hydroxylation is 2. The number of nitrogens with one attached hydrogen (secondary N) is 1. The second-order valence-corrected chi connectivity index (χ2v) is 5.71. The van der Waals surface area contributed by atoms with E-state index in [-0.39, 0.29) is 11.5 Å². The van der Waals surface area contributed by atoms with Crippen LogP contribution >= 0.6 is 0 Å². The van der Waals surface area contributed by atoms with Crippen LogP contribution in [0.2, 0.25) is 0 Å². The zero-order chi connectivity index (χ0) is 16.4. The Labute approximate surface area is 134 Å². The number of hydrogen-bond acceptors (Lipinski definition) is 2. The Morgan fingerprint density at radius 1 is 1.09 bits per heavy atom. The molecule has 4 nitrogen and oxygen atoms in total. The molecule has 0 radical (unpaired) electrons. The molecule has 1 amide bonds. The van der Waals surface area contributed by atoms with Crippen LogP contribution < -0.4 is 10.9 Å². The quantitative estimate of drug-likeness (QED) is 0.808. The van der Waals surface area contributed by atoms with Crippen molar-refractivity contribution in [3.63, 3.8) is 0 Å². The van der Waals surface area contributed by atoms with Gasteiger partial charge in [-0.25, -0.2) is 0 Å². The van der Waals surface area contributed by atoms with Gasteiger partial charge in [0.05, 0.1) is 6.42 Å². The molecule has 0 unspecified atom stereocenters. The highest BCUT2D eigenvalue weighted by atomic mass is 16.1. The first-order chi connectivity index (χ1) is 11.0. The number of fused-ring (bicyclic) bond motifs is 1. The van der Waals surface area contributed by atoms with E-state index in [0.29, 0.717) is 17.5 Å². The molecule has 3 aromatic rings. The number of hydrogen-bond donors (Lipinski definition) is 1. The lowest BCUT2D eigenvalue weighted by Gasteiger charge is -2.10. The molecule has 0 aliphatic carbocycles. The second-order valence-electron chi connectivity index (χ2n) is 5.71. The van der Waals surface area contributed by atoms with Gasteiger partial charge >= 0.3 is 0 Å². The maximum Gasteiger partial charge on any atom is 0.258 e. The molecule has 1 heterocycles. The number of pyridine rings is 1. The number of rotatable bonds is 3. The predicted molar refractivity (Wildman–Crippen MR) is 92.7 cm³/mol. The van der Waals surface area contributed by atoms with E-state index in [2.05, 4.69) is 5.32 Å². The third-order valence-electron chi connectivity index (χ3n) is 3.84. The van der Waals surface area contributed by atoms with Gasteiger partial charge in [0.2, 0.25) is 5.91 Å². The average molecular weight is 306 g/mol. The van der Waals surface area contributed by atoms with Gasteiger partial charge in [0.15, 0.2) is 0 Å². The van der Waals surface area contributed by atoms with Crippen molar-refractivity contribution in [3.05, 3.63) is 76.2 Å². The summed E-state index contributed by atoms with van der Waals surface area (Å²) >= 11 is 0. The summed E-state index contributed by atoms with van der Waals surface area (Å²) in [5.74, 6) is -0.0937. The predicted octanol–water partition coefficient (Wildman–Crippen LogP) is 3.03. The summed E-state index contributed by atoms with van der Waals surface area (Å²) in [6.45, 7) is 2.00. The molecule has 1 N–H and O–H groups in total. The van der Waals surface area contributed by atoms with Crippen molar-refractivity contribution in [1.82, 2.24) is 4.57 Å². The molecule has 0 fully saturated rings. The van der Waals surface area contributed by atoms with Gasteiger partial charge in [0.1, 0.15) is 0 Å². The van der Waals surface area contributed by atoms with E-state index in [1.165, 1.54) is 4.57 Å². The van der Waals surface area contributed by atoms with Crippen molar-refractivity contribution < 1.29 is 4.79 Å². The van der Waals surface area contributed by atoms with Crippen LogP contribution in [0.3, 0.4) is 0 Å². The Hall–Kier alpha value is -2.88. The lowest BCUT2D eigenvalue weighted by Crippen LogP contribution is -2.18. The third-order valence-corrected chi connectivity index (χ3v) is 3.84. The van der Waals surface area contributed by atoms with E-state index in [4.69, 9.17) is 0 Å². The molecule has 0 saturated carbocycles. The summed E-state index contributed by atoms with van der Waals surface area (Å²) < 4.78 is 1.53. The third kappa shape index (κ3) is 3.16. The minimum atomic E-state index is -0.0937. The zero-order valence-corrected chi connectivity index (χ0v) is 13.2. The maximum absolute atomic E-state index is 12.3. The van der Waals surface area contributed by atoms with Crippen LogP contribution in [-0.2, 0) is 18.3 Å². The van der Waals surface area contributed by atoms with E-state index < -0.39 is 0 Å².